The summed E-state index contributed by atoms with van der Waals surface area (Å²) in [5.41, 5.74) is 15.7. The molecule has 52 heavy (non-hydrogen) atoms. The van der Waals surface area contributed by atoms with Gasteiger partial charge in [-0.15, -0.1) is 0 Å². The van der Waals surface area contributed by atoms with Crippen molar-refractivity contribution in [1.29, 1.82) is 0 Å². The minimum Gasteiger partial charge on any atom is -0.309 e. The Balaban J connectivity index is 1.05. The Hall–Kier alpha value is -6.97. The van der Waals surface area contributed by atoms with Gasteiger partial charge in [-0.2, -0.15) is 0 Å². The third kappa shape index (κ3) is 3.77. The van der Waals surface area contributed by atoms with Crippen molar-refractivity contribution in [3.8, 4) is 44.8 Å². The van der Waals surface area contributed by atoms with Gasteiger partial charge in [0.05, 0.1) is 27.6 Å². The maximum absolute atomic E-state index is 4.67. The number of pyridine rings is 1. The minimum atomic E-state index is 1.05. The smallest absolute Gasteiger partial charge is 0.0714 e. The van der Waals surface area contributed by atoms with Gasteiger partial charge in [0.15, 0.2) is 0 Å². The van der Waals surface area contributed by atoms with Crippen LogP contribution in [0, 0.1) is 0 Å². The van der Waals surface area contributed by atoms with Crippen molar-refractivity contribution in [2.45, 2.75) is 0 Å². The van der Waals surface area contributed by atoms with Crippen LogP contribution in [-0.4, -0.2) is 14.1 Å². The number of rotatable bonds is 3. The van der Waals surface area contributed by atoms with E-state index in [9.17, 15) is 0 Å². The van der Waals surface area contributed by atoms with Crippen molar-refractivity contribution in [3.63, 3.8) is 0 Å². The van der Waals surface area contributed by atoms with E-state index in [2.05, 4.69) is 184 Å². The van der Waals surface area contributed by atoms with Gasteiger partial charge in [0.25, 0.3) is 0 Å². The molecule has 1 aliphatic rings. The van der Waals surface area contributed by atoms with Crippen molar-refractivity contribution in [2.75, 3.05) is 0 Å². The first-order valence-electron chi connectivity index (χ1n) is 17.9. The molecule has 12 rings (SSSR count). The number of benzene rings is 8. The Morgan fingerprint density at radius 3 is 1.83 bits per heavy atom. The van der Waals surface area contributed by atoms with Crippen LogP contribution in [0.15, 0.2) is 176 Å². The van der Waals surface area contributed by atoms with Crippen LogP contribution in [0.1, 0.15) is 0 Å². The number of nitrogens with zero attached hydrogens (tertiary/aromatic N) is 3. The second-order valence-corrected chi connectivity index (χ2v) is 14.0. The van der Waals surface area contributed by atoms with Crippen LogP contribution in [-0.2, 0) is 0 Å². The molecule has 0 spiro atoms. The quantitative estimate of drug-likeness (QED) is 0.185. The highest BCUT2D eigenvalue weighted by Crippen LogP contribution is 2.48. The molecule has 0 radical (unpaired) electrons. The fourth-order valence-corrected chi connectivity index (χ4v) is 8.96. The van der Waals surface area contributed by atoms with Gasteiger partial charge in [-0.3, -0.25) is 4.98 Å². The zero-order valence-electron chi connectivity index (χ0n) is 28.1. The average Bonchev–Trinajstić information content (AvgIpc) is 3.83. The predicted octanol–water partition coefficient (Wildman–Crippen LogP) is 12.9. The van der Waals surface area contributed by atoms with Gasteiger partial charge in [-0.05, 0) is 123 Å². The van der Waals surface area contributed by atoms with Crippen molar-refractivity contribution >= 4 is 65.3 Å². The van der Waals surface area contributed by atoms with Gasteiger partial charge < -0.3 is 9.13 Å². The van der Waals surface area contributed by atoms with Crippen molar-refractivity contribution < 1.29 is 0 Å². The summed E-state index contributed by atoms with van der Waals surface area (Å²) < 4.78 is 4.83. The van der Waals surface area contributed by atoms with Crippen molar-refractivity contribution in [3.05, 3.63) is 176 Å². The third-order valence-corrected chi connectivity index (χ3v) is 11.3. The van der Waals surface area contributed by atoms with Crippen LogP contribution in [0.5, 0.6) is 0 Å². The number of aromatic nitrogens is 3. The largest absolute Gasteiger partial charge is 0.309 e. The molecule has 8 aromatic carbocycles. The van der Waals surface area contributed by atoms with E-state index >= 15 is 0 Å². The second kappa shape index (κ2) is 10.3. The molecule has 0 aliphatic heterocycles. The molecule has 240 valence electrons. The van der Waals surface area contributed by atoms with Crippen LogP contribution < -0.4 is 0 Å². The van der Waals surface area contributed by atoms with E-state index in [1.54, 1.807) is 0 Å². The Labute approximate surface area is 299 Å². The van der Waals surface area contributed by atoms with Crippen LogP contribution in [0.25, 0.3) is 110 Å². The molecule has 0 saturated heterocycles. The lowest BCUT2D eigenvalue weighted by molar-refractivity contribution is 1.18. The topological polar surface area (TPSA) is 22.8 Å². The summed E-state index contributed by atoms with van der Waals surface area (Å²) >= 11 is 0. The lowest BCUT2D eigenvalue weighted by atomic mass is 10.00. The Morgan fingerprint density at radius 1 is 0.346 bits per heavy atom. The SMILES string of the molecule is c1ccc(-n2c3ccc(-c4ccc5c(c4)c4ccccc4n5-c4ccc5c(c4)-c4ccnc6cccc-5c46)cc3c3cc4ccccc4cc32)cc1. The lowest BCUT2D eigenvalue weighted by Crippen LogP contribution is -1.94. The molecule has 0 unspecified atom stereocenters. The highest BCUT2D eigenvalue weighted by Gasteiger charge is 2.23. The Bertz CT molecular complexity index is 3280. The van der Waals surface area contributed by atoms with E-state index in [0.717, 1.165) is 11.2 Å². The van der Waals surface area contributed by atoms with Gasteiger partial charge in [-0.25, -0.2) is 0 Å². The molecule has 0 amide bonds. The van der Waals surface area contributed by atoms with E-state index in [-0.39, 0.29) is 0 Å². The fraction of sp³-hybridized carbons (Fsp3) is 0. The molecule has 3 nitrogen and oxygen atoms in total. The summed E-state index contributed by atoms with van der Waals surface area (Å²) in [6.45, 7) is 0. The fourth-order valence-electron chi connectivity index (χ4n) is 8.96. The second-order valence-electron chi connectivity index (χ2n) is 14.0. The molecule has 0 atom stereocenters. The van der Waals surface area contributed by atoms with Crippen molar-refractivity contribution in [2.24, 2.45) is 0 Å². The molecule has 0 fully saturated rings. The van der Waals surface area contributed by atoms with Crippen LogP contribution >= 0.6 is 0 Å². The van der Waals surface area contributed by atoms with Gasteiger partial charge in [0, 0.05) is 44.5 Å². The molecule has 0 bridgehead atoms. The van der Waals surface area contributed by atoms with E-state index in [1.165, 1.54) is 98.8 Å². The highest BCUT2D eigenvalue weighted by atomic mass is 15.0. The van der Waals surface area contributed by atoms with Gasteiger partial charge in [-0.1, -0.05) is 91.0 Å². The Morgan fingerprint density at radius 2 is 1.00 bits per heavy atom. The van der Waals surface area contributed by atoms with E-state index in [4.69, 9.17) is 0 Å². The predicted molar refractivity (Wildman–Crippen MR) is 218 cm³/mol. The monoisotopic (exact) mass is 659 g/mol. The molecule has 3 heterocycles. The zero-order chi connectivity index (χ0) is 33.9. The minimum absolute atomic E-state index is 1.05. The number of para-hydroxylation sites is 2. The van der Waals surface area contributed by atoms with Gasteiger partial charge in [0.1, 0.15) is 0 Å². The highest BCUT2D eigenvalue weighted by molar-refractivity contribution is 6.17. The summed E-state index contributed by atoms with van der Waals surface area (Å²) in [6.07, 6.45) is 1.93. The van der Waals surface area contributed by atoms with Gasteiger partial charge in [0.2, 0.25) is 0 Å². The molecule has 3 aromatic heterocycles. The maximum Gasteiger partial charge on any atom is 0.0714 e. The van der Waals surface area contributed by atoms with E-state index in [1.807, 2.05) is 6.20 Å². The number of fused-ring (bicyclic) bond motifs is 10. The van der Waals surface area contributed by atoms with Gasteiger partial charge >= 0.3 is 0 Å². The summed E-state index contributed by atoms with van der Waals surface area (Å²) in [5, 5.41) is 8.78. The first kappa shape index (κ1) is 27.8. The summed E-state index contributed by atoms with van der Waals surface area (Å²) in [6, 6.07) is 62.4. The zero-order valence-corrected chi connectivity index (χ0v) is 28.1. The van der Waals surface area contributed by atoms with E-state index < -0.39 is 0 Å². The molecular formula is C49H29N3. The standard InChI is InChI=1S/C49H29N3/c1-2-11-34(12-3-1)51-47-22-18-33(27-42(47)43-25-30-9-4-5-10-31(30)28-48(43)51)32-17-21-46-41(26-32)37-13-6-7-16-45(37)52(46)35-19-20-36-38-14-8-15-44-49(38)39(23-24-50-44)40(36)29-35/h1-29H. The number of hydrogen-bond acceptors (Lipinski definition) is 1. The summed E-state index contributed by atoms with van der Waals surface area (Å²) in [4.78, 5) is 4.67. The van der Waals surface area contributed by atoms with Crippen LogP contribution in [0.4, 0.5) is 0 Å². The van der Waals surface area contributed by atoms with E-state index in [0.29, 0.717) is 0 Å². The summed E-state index contributed by atoms with van der Waals surface area (Å²) in [5.74, 6) is 0. The Kier molecular flexibility index (Phi) is 5.50. The van der Waals surface area contributed by atoms with Crippen LogP contribution in [0.2, 0.25) is 0 Å². The molecule has 11 aromatic rings. The normalized spacial score (nSPS) is 12.2. The van der Waals surface area contributed by atoms with Crippen molar-refractivity contribution in [1.82, 2.24) is 14.1 Å². The van der Waals surface area contributed by atoms with Crippen LogP contribution in [0.3, 0.4) is 0 Å². The molecule has 3 heteroatoms. The number of hydrogen-bond donors (Lipinski definition) is 0. The molecule has 0 saturated carbocycles. The third-order valence-electron chi connectivity index (χ3n) is 11.3. The summed E-state index contributed by atoms with van der Waals surface area (Å²) in [7, 11) is 0. The molecule has 1 aliphatic carbocycles. The molecular weight excluding hydrogens is 631 g/mol. The lowest BCUT2D eigenvalue weighted by Gasteiger charge is -2.11. The first-order valence-corrected chi connectivity index (χ1v) is 17.9. The molecule has 0 N–H and O–H groups in total. The maximum atomic E-state index is 4.67. The first-order chi connectivity index (χ1) is 25.8. The average molecular weight is 660 g/mol.